The van der Waals surface area contributed by atoms with Gasteiger partial charge in [-0.3, -0.25) is 0 Å². The van der Waals surface area contributed by atoms with E-state index in [1.807, 2.05) is 0 Å². The van der Waals surface area contributed by atoms with Crippen LogP contribution in [0.3, 0.4) is 0 Å². The molecule has 3 heteroatoms. The minimum atomic E-state index is 0.302. The molecule has 3 fully saturated rings. The Labute approximate surface area is 105 Å². The third-order valence-corrected chi connectivity index (χ3v) is 4.95. The molecule has 1 saturated carbocycles. The maximum absolute atomic E-state index is 6.37. The number of likely N-dealkylation sites (tertiary alicyclic amines) is 1. The summed E-state index contributed by atoms with van der Waals surface area (Å²) in [4.78, 5) is 2.56. The first kappa shape index (κ1) is 11.9. The predicted octanol–water partition coefficient (Wildman–Crippen LogP) is 1.90. The highest BCUT2D eigenvalue weighted by Gasteiger charge is 2.42. The van der Waals surface area contributed by atoms with Crippen LogP contribution in [0, 0.1) is 0 Å². The monoisotopic (exact) mass is 238 g/mol. The van der Waals surface area contributed by atoms with Gasteiger partial charge in [0.1, 0.15) is 0 Å². The zero-order valence-corrected chi connectivity index (χ0v) is 10.9. The average Bonchev–Trinajstić information content (AvgIpc) is 2.94. The third-order valence-electron chi connectivity index (χ3n) is 4.95. The molecule has 98 valence electrons. The maximum atomic E-state index is 6.37. The lowest BCUT2D eigenvalue weighted by Gasteiger charge is -2.32. The minimum absolute atomic E-state index is 0.302. The fraction of sp³-hybridized carbons (Fsp3) is 1.00. The van der Waals surface area contributed by atoms with Crippen molar-refractivity contribution in [2.24, 2.45) is 5.73 Å². The topological polar surface area (TPSA) is 38.5 Å². The fourth-order valence-corrected chi connectivity index (χ4v) is 3.83. The van der Waals surface area contributed by atoms with Gasteiger partial charge in [0.25, 0.3) is 0 Å². The highest BCUT2D eigenvalue weighted by atomic mass is 16.5. The van der Waals surface area contributed by atoms with E-state index in [2.05, 4.69) is 4.90 Å². The first-order valence-electron chi connectivity index (χ1n) is 7.42. The van der Waals surface area contributed by atoms with Gasteiger partial charge in [0, 0.05) is 12.6 Å². The molecular weight excluding hydrogens is 212 g/mol. The minimum Gasteiger partial charge on any atom is -0.370 e. The van der Waals surface area contributed by atoms with Crippen LogP contribution in [0.15, 0.2) is 0 Å². The highest BCUT2D eigenvalue weighted by Crippen LogP contribution is 2.43. The first-order valence-corrected chi connectivity index (χ1v) is 7.42. The number of nitrogens with zero attached hydrogens (tertiary/aromatic N) is 1. The van der Waals surface area contributed by atoms with Gasteiger partial charge in [-0.2, -0.15) is 0 Å². The van der Waals surface area contributed by atoms with Crippen LogP contribution in [-0.2, 0) is 4.74 Å². The van der Waals surface area contributed by atoms with Crippen molar-refractivity contribution in [3.8, 4) is 0 Å². The molecule has 3 nitrogen and oxygen atoms in total. The summed E-state index contributed by atoms with van der Waals surface area (Å²) in [5.41, 5.74) is 6.24. The lowest BCUT2D eigenvalue weighted by atomic mass is 9.98. The van der Waals surface area contributed by atoms with Gasteiger partial charge < -0.3 is 15.4 Å². The molecule has 2 heterocycles. The van der Waals surface area contributed by atoms with Crippen LogP contribution < -0.4 is 5.73 Å². The van der Waals surface area contributed by atoms with Crippen molar-refractivity contribution < 1.29 is 4.74 Å². The third kappa shape index (κ3) is 2.67. The smallest absolute Gasteiger partial charge is 0.0710 e. The summed E-state index contributed by atoms with van der Waals surface area (Å²) >= 11 is 0. The number of ether oxygens (including phenoxy) is 1. The van der Waals surface area contributed by atoms with Crippen LogP contribution in [0.5, 0.6) is 0 Å². The quantitative estimate of drug-likeness (QED) is 0.798. The summed E-state index contributed by atoms with van der Waals surface area (Å²) in [6, 6.07) is 0.442. The molecule has 2 N–H and O–H groups in total. The van der Waals surface area contributed by atoms with Crippen molar-refractivity contribution in [3.05, 3.63) is 0 Å². The Hall–Kier alpha value is -0.120. The number of hydrogen-bond donors (Lipinski definition) is 1. The SMILES string of the molecule is NC1CCN(CC2CCC3(CCCC3)O2)CC1. The Kier molecular flexibility index (Phi) is 3.42. The fourth-order valence-electron chi connectivity index (χ4n) is 3.83. The van der Waals surface area contributed by atoms with E-state index in [0.717, 1.165) is 19.4 Å². The van der Waals surface area contributed by atoms with E-state index in [-0.39, 0.29) is 0 Å². The molecular formula is C14H26N2O. The van der Waals surface area contributed by atoms with Crippen LogP contribution in [-0.4, -0.2) is 42.3 Å². The lowest BCUT2D eigenvalue weighted by Crippen LogP contribution is -2.43. The van der Waals surface area contributed by atoms with Gasteiger partial charge in [-0.05, 0) is 51.6 Å². The van der Waals surface area contributed by atoms with Gasteiger partial charge in [-0.15, -0.1) is 0 Å². The van der Waals surface area contributed by atoms with E-state index >= 15 is 0 Å². The predicted molar refractivity (Wildman–Crippen MR) is 69.0 cm³/mol. The summed E-state index contributed by atoms with van der Waals surface area (Å²) < 4.78 is 6.37. The summed E-state index contributed by atoms with van der Waals surface area (Å²) in [6.07, 6.45) is 10.8. The number of rotatable bonds is 2. The molecule has 0 aromatic carbocycles. The maximum Gasteiger partial charge on any atom is 0.0710 e. The van der Waals surface area contributed by atoms with Crippen molar-refractivity contribution in [3.63, 3.8) is 0 Å². The van der Waals surface area contributed by atoms with E-state index in [9.17, 15) is 0 Å². The largest absolute Gasteiger partial charge is 0.370 e. The average molecular weight is 238 g/mol. The Morgan fingerprint density at radius 2 is 1.76 bits per heavy atom. The molecule has 1 spiro atoms. The standard InChI is InChI=1S/C14H26N2O/c15-12-4-9-16(10-5-12)11-13-3-8-14(17-13)6-1-2-7-14/h12-13H,1-11,15H2. The van der Waals surface area contributed by atoms with Gasteiger partial charge in [-0.1, -0.05) is 12.8 Å². The molecule has 2 aliphatic heterocycles. The normalized spacial score (nSPS) is 34.8. The Morgan fingerprint density at radius 1 is 1.06 bits per heavy atom. The van der Waals surface area contributed by atoms with Crippen LogP contribution in [0.25, 0.3) is 0 Å². The van der Waals surface area contributed by atoms with E-state index in [4.69, 9.17) is 10.5 Å². The van der Waals surface area contributed by atoms with Crippen LogP contribution >= 0.6 is 0 Å². The molecule has 2 saturated heterocycles. The summed E-state index contributed by atoms with van der Waals surface area (Å²) in [5.74, 6) is 0. The van der Waals surface area contributed by atoms with Crippen LogP contribution in [0.2, 0.25) is 0 Å². The van der Waals surface area contributed by atoms with Crippen LogP contribution in [0.1, 0.15) is 51.4 Å². The summed E-state index contributed by atoms with van der Waals surface area (Å²) in [6.45, 7) is 3.50. The molecule has 0 aromatic rings. The van der Waals surface area contributed by atoms with Gasteiger partial charge in [0.05, 0.1) is 11.7 Å². The van der Waals surface area contributed by atoms with Gasteiger partial charge in [-0.25, -0.2) is 0 Å². The molecule has 1 aliphatic carbocycles. The second kappa shape index (κ2) is 4.87. The Balaban J connectivity index is 1.47. The van der Waals surface area contributed by atoms with Crippen molar-refractivity contribution in [2.75, 3.05) is 19.6 Å². The Morgan fingerprint density at radius 3 is 2.47 bits per heavy atom. The number of hydrogen-bond acceptors (Lipinski definition) is 3. The van der Waals surface area contributed by atoms with Gasteiger partial charge >= 0.3 is 0 Å². The Bertz CT molecular complexity index is 255. The second-order valence-corrected chi connectivity index (χ2v) is 6.31. The first-order chi connectivity index (χ1) is 8.26. The van der Waals surface area contributed by atoms with Crippen molar-refractivity contribution >= 4 is 0 Å². The summed E-state index contributed by atoms with van der Waals surface area (Å²) in [5, 5.41) is 0. The summed E-state index contributed by atoms with van der Waals surface area (Å²) in [7, 11) is 0. The molecule has 3 aliphatic rings. The molecule has 1 unspecified atom stereocenters. The number of nitrogens with two attached hydrogens (primary N) is 1. The molecule has 1 atom stereocenters. The van der Waals surface area contributed by atoms with E-state index in [0.29, 0.717) is 17.7 Å². The molecule has 17 heavy (non-hydrogen) atoms. The van der Waals surface area contributed by atoms with E-state index < -0.39 is 0 Å². The number of piperidine rings is 1. The van der Waals surface area contributed by atoms with Crippen molar-refractivity contribution in [1.29, 1.82) is 0 Å². The molecule has 3 rings (SSSR count). The molecule has 0 amide bonds. The van der Waals surface area contributed by atoms with Crippen molar-refractivity contribution in [1.82, 2.24) is 4.90 Å². The zero-order valence-electron chi connectivity index (χ0n) is 10.9. The zero-order chi connectivity index (χ0) is 11.7. The van der Waals surface area contributed by atoms with Crippen LogP contribution in [0.4, 0.5) is 0 Å². The second-order valence-electron chi connectivity index (χ2n) is 6.31. The molecule has 0 bridgehead atoms. The van der Waals surface area contributed by atoms with Crippen molar-refractivity contribution in [2.45, 2.75) is 69.1 Å². The van der Waals surface area contributed by atoms with Gasteiger partial charge in [0.15, 0.2) is 0 Å². The highest BCUT2D eigenvalue weighted by molar-refractivity contribution is 4.93. The molecule has 0 aromatic heterocycles. The van der Waals surface area contributed by atoms with E-state index in [1.54, 1.807) is 0 Å². The van der Waals surface area contributed by atoms with Gasteiger partial charge in [0.2, 0.25) is 0 Å². The lowest BCUT2D eigenvalue weighted by molar-refractivity contribution is -0.0490. The molecule has 0 radical (unpaired) electrons. The van der Waals surface area contributed by atoms with E-state index in [1.165, 1.54) is 51.6 Å².